The van der Waals surface area contributed by atoms with Gasteiger partial charge in [-0.25, -0.2) is 0 Å². The number of carbonyl (C=O) groups is 2. The number of carbonyl (C=O) groups excluding carboxylic acids is 2. The van der Waals surface area contributed by atoms with Crippen LogP contribution in [0.1, 0.15) is 25.1 Å². The average Bonchev–Trinajstić information content (AvgIpc) is 2.91. The lowest BCUT2D eigenvalue weighted by Gasteiger charge is -2.14. The molecule has 1 fully saturated rings. The molecule has 3 rings (SSSR count). The van der Waals surface area contributed by atoms with E-state index < -0.39 is 6.04 Å². The quantitative estimate of drug-likeness (QED) is 0.660. The van der Waals surface area contributed by atoms with Crippen molar-refractivity contribution in [3.8, 4) is 5.75 Å². The molecule has 0 radical (unpaired) electrons. The maximum atomic E-state index is 12.2. The van der Waals surface area contributed by atoms with E-state index in [1.54, 1.807) is 28.8 Å². The zero-order chi connectivity index (χ0) is 19.9. The maximum absolute atomic E-state index is 12.2. The monoisotopic (exact) mass is 423 g/mol. The topological polar surface area (TPSA) is 98.1 Å². The molecular weight excluding hydrogens is 402 g/mol. The van der Waals surface area contributed by atoms with Gasteiger partial charge in [-0.3, -0.25) is 9.59 Å². The van der Waals surface area contributed by atoms with Crippen LogP contribution in [0.3, 0.4) is 0 Å². The number of halogens is 1. The summed E-state index contributed by atoms with van der Waals surface area (Å²) in [7, 11) is 1.82. The van der Waals surface area contributed by atoms with Crippen molar-refractivity contribution in [2.24, 2.45) is 7.05 Å². The summed E-state index contributed by atoms with van der Waals surface area (Å²) in [5.41, 5.74) is 0. The first-order valence-corrected chi connectivity index (χ1v) is 10.4. The van der Waals surface area contributed by atoms with Crippen molar-refractivity contribution < 1.29 is 14.3 Å². The van der Waals surface area contributed by atoms with Crippen molar-refractivity contribution in [1.82, 2.24) is 25.4 Å². The van der Waals surface area contributed by atoms with Crippen molar-refractivity contribution in [2.75, 3.05) is 12.3 Å². The predicted molar refractivity (Wildman–Crippen MR) is 106 cm³/mol. The van der Waals surface area contributed by atoms with Gasteiger partial charge < -0.3 is 19.9 Å². The van der Waals surface area contributed by atoms with Crippen molar-refractivity contribution >= 4 is 35.2 Å². The van der Waals surface area contributed by atoms with Gasteiger partial charge >= 0.3 is 0 Å². The first-order valence-electron chi connectivity index (χ1n) is 8.99. The summed E-state index contributed by atoms with van der Waals surface area (Å²) in [5, 5.41) is 15.1. The van der Waals surface area contributed by atoms with Crippen LogP contribution in [0.5, 0.6) is 5.75 Å². The van der Waals surface area contributed by atoms with E-state index in [1.807, 2.05) is 7.05 Å². The molecule has 1 atom stereocenters. The number of aromatic nitrogens is 3. The summed E-state index contributed by atoms with van der Waals surface area (Å²) >= 11 is 7.12. The van der Waals surface area contributed by atoms with Gasteiger partial charge in [0.25, 0.3) is 0 Å². The fourth-order valence-corrected chi connectivity index (χ4v) is 3.59. The highest BCUT2D eigenvalue weighted by Crippen LogP contribution is 2.19. The number of thioether (sulfide) groups is 1. The maximum Gasteiger partial charge on any atom is 0.242 e. The molecule has 2 N–H and O–H groups in total. The van der Waals surface area contributed by atoms with Crippen molar-refractivity contribution in [2.45, 2.75) is 37.1 Å². The summed E-state index contributed by atoms with van der Waals surface area (Å²) < 4.78 is 7.46. The highest BCUT2D eigenvalue weighted by atomic mass is 35.5. The Labute approximate surface area is 172 Å². The summed E-state index contributed by atoms with van der Waals surface area (Å²) in [5.74, 6) is 1.17. The second-order valence-electron chi connectivity index (χ2n) is 6.40. The number of hydrogen-bond donors (Lipinski definition) is 2. The molecule has 10 heteroatoms. The van der Waals surface area contributed by atoms with Gasteiger partial charge in [-0.1, -0.05) is 23.4 Å². The van der Waals surface area contributed by atoms with Crippen molar-refractivity contribution in [1.29, 1.82) is 0 Å². The van der Waals surface area contributed by atoms with Gasteiger partial charge in [-0.15, -0.1) is 10.2 Å². The summed E-state index contributed by atoms with van der Waals surface area (Å²) in [6.45, 7) is 0.917. The Morgan fingerprint density at radius 1 is 1.36 bits per heavy atom. The fourth-order valence-electron chi connectivity index (χ4n) is 2.72. The van der Waals surface area contributed by atoms with Crippen LogP contribution in [0.4, 0.5) is 0 Å². The minimum absolute atomic E-state index is 0.115. The molecule has 0 bridgehead atoms. The minimum Gasteiger partial charge on any atom is -0.486 e. The lowest BCUT2D eigenvalue weighted by molar-refractivity contribution is -0.127. The average molecular weight is 424 g/mol. The number of nitrogens with one attached hydrogen (secondary N) is 2. The Kier molecular flexibility index (Phi) is 7.16. The molecule has 0 aliphatic carbocycles. The third-order valence-corrected chi connectivity index (χ3v) is 5.58. The number of ether oxygens (including phenoxy) is 1. The molecule has 0 spiro atoms. The standard InChI is InChI=1S/C18H22ClN5O3S/c1-24-15(10-27-13-7-5-12(19)6-8-13)22-23-18(24)28-11-16(25)21-14-4-2-3-9-20-17(14)26/h5-8,14H,2-4,9-11H2,1H3,(H,20,26)(H,21,25)/t14-/m1/s1. The van der Waals surface area contributed by atoms with Crippen LogP contribution in [-0.2, 0) is 23.2 Å². The molecule has 28 heavy (non-hydrogen) atoms. The largest absolute Gasteiger partial charge is 0.486 e. The smallest absolute Gasteiger partial charge is 0.242 e. The van der Waals surface area contributed by atoms with E-state index in [1.165, 1.54) is 11.8 Å². The molecule has 2 amide bonds. The van der Waals surface area contributed by atoms with Crippen LogP contribution in [0.25, 0.3) is 0 Å². The van der Waals surface area contributed by atoms with Crippen LogP contribution >= 0.6 is 23.4 Å². The molecule has 2 aromatic rings. The number of nitrogens with zero attached hydrogens (tertiary/aromatic N) is 3. The molecule has 1 aliphatic heterocycles. The fraction of sp³-hybridized carbons (Fsp3) is 0.444. The second kappa shape index (κ2) is 9.79. The summed E-state index contributed by atoms with van der Waals surface area (Å²) in [6, 6.07) is 6.60. The van der Waals surface area contributed by atoms with E-state index in [9.17, 15) is 9.59 Å². The third kappa shape index (κ3) is 5.62. The normalized spacial score (nSPS) is 16.9. The van der Waals surface area contributed by atoms with Gasteiger partial charge in [0.15, 0.2) is 11.0 Å². The van der Waals surface area contributed by atoms with Gasteiger partial charge in [0, 0.05) is 18.6 Å². The van der Waals surface area contributed by atoms with Crippen LogP contribution in [-0.4, -0.2) is 44.9 Å². The minimum atomic E-state index is -0.460. The van der Waals surface area contributed by atoms with E-state index in [2.05, 4.69) is 20.8 Å². The van der Waals surface area contributed by atoms with Gasteiger partial charge in [0.05, 0.1) is 5.75 Å². The van der Waals surface area contributed by atoms with Gasteiger partial charge in [0.1, 0.15) is 18.4 Å². The number of benzene rings is 1. The van der Waals surface area contributed by atoms with Crippen LogP contribution < -0.4 is 15.4 Å². The summed E-state index contributed by atoms with van der Waals surface area (Å²) in [6.07, 6.45) is 2.52. The molecule has 0 saturated carbocycles. The van der Waals surface area contributed by atoms with Crippen LogP contribution in [0, 0.1) is 0 Å². The number of hydrogen-bond acceptors (Lipinski definition) is 6. The molecular formula is C18H22ClN5O3S. The van der Waals surface area contributed by atoms with Crippen LogP contribution in [0.15, 0.2) is 29.4 Å². The molecule has 1 aliphatic rings. The van der Waals surface area contributed by atoms with E-state index in [-0.39, 0.29) is 24.2 Å². The molecule has 8 nitrogen and oxygen atoms in total. The summed E-state index contributed by atoms with van der Waals surface area (Å²) in [4.78, 5) is 24.1. The van der Waals surface area contributed by atoms with Crippen LogP contribution in [0.2, 0.25) is 5.02 Å². The molecule has 1 aromatic heterocycles. The Balaban J connectivity index is 1.48. The zero-order valence-electron chi connectivity index (χ0n) is 15.5. The number of rotatable bonds is 7. The highest BCUT2D eigenvalue weighted by Gasteiger charge is 2.22. The lowest BCUT2D eigenvalue weighted by Crippen LogP contribution is -2.46. The van der Waals surface area contributed by atoms with Crippen molar-refractivity contribution in [3.05, 3.63) is 35.1 Å². The van der Waals surface area contributed by atoms with Gasteiger partial charge in [-0.2, -0.15) is 0 Å². The van der Waals surface area contributed by atoms with E-state index in [0.29, 0.717) is 34.7 Å². The lowest BCUT2D eigenvalue weighted by atomic mass is 10.1. The number of amides is 2. The second-order valence-corrected chi connectivity index (χ2v) is 7.77. The molecule has 1 saturated heterocycles. The van der Waals surface area contributed by atoms with Crippen molar-refractivity contribution in [3.63, 3.8) is 0 Å². The molecule has 150 valence electrons. The Morgan fingerprint density at radius 2 is 2.14 bits per heavy atom. The third-order valence-electron chi connectivity index (χ3n) is 4.31. The molecule has 2 heterocycles. The van der Waals surface area contributed by atoms with Gasteiger partial charge in [0.2, 0.25) is 11.8 Å². The first-order chi connectivity index (χ1) is 13.5. The SMILES string of the molecule is Cn1c(COc2ccc(Cl)cc2)nnc1SCC(=O)N[C@@H]1CCCCNC1=O. The van der Waals surface area contributed by atoms with E-state index >= 15 is 0 Å². The Morgan fingerprint density at radius 3 is 2.93 bits per heavy atom. The molecule has 1 aromatic carbocycles. The first kappa shape index (κ1) is 20.5. The molecule has 0 unspecified atom stereocenters. The highest BCUT2D eigenvalue weighted by molar-refractivity contribution is 7.99. The Bertz CT molecular complexity index is 827. The van der Waals surface area contributed by atoms with Gasteiger partial charge in [-0.05, 0) is 43.5 Å². The zero-order valence-corrected chi connectivity index (χ0v) is 17.1. The predicted octanol–water partition coefficient (Wildman–Crippen LogP) is 1.92. The Hall–Kier alpha value is -2.26. The van der Waals surface area contributed by atoms with E-state index in [0.717, 1.165) is 12.8 Å². The van der Waals surface area contributed by atoms with E-state index in [4.69, 9.17) is 16.3 Å².